The highest BCUT2D eigenvalue weighted by molar-refractivity contribution is 6.24. The topological polar surface area (TPSA) is 203 Å². The van der Waals surface area contributed by atoms with Crippen molar-refractivity contribution >= 4 is 23.5 Å². The van der Waals surface area contributed by atoms with Crippen LogP contribution in [0, 0.1) is 11.8 Å². The van der Waals surface area contributed by atoms with Gasteiger partial charge in [0.15, 0.2) is 11.4 Å². The molecule has 3 aliphatic carbocycles. The average Bonchev–Trinajstić information content (AvgIpc) is 2.94. The highest BCUT2D eigenvalue weighted by atomic mass is 16.5. The zero-order valence-corrected chi connectivity index (χ0v) is 23.8. The Hall–Kier alpha value is -3.94. The number of carbonyl (C=O) groups excluding carboxylic acids is 4. The second-order valence-corrected chi connectivity index (χ2v) is 11.5. The fourth-order valence-electron chi connectivity index (χ4n) is 6.93. The van der Waals surface area contributed by atoms with Crippen molar-refractivity contribution in [2.45, 2.75) is 44.4 Å². The molecule has 0 spiro atoms. The minimum atomic E-state index is -2.70. The Morgan fingerprint density at radius 1 is 1.17 bits per heavy atom. The number of morpholine rings is 1. The summed E-state index contributed by atoms with van der Waals surface area (Å²) in [6.07, 6.45) is 0.503. The van der Waals surface area contributed by atoms with E-state index in [0.717, 1.165) is 0 Å². The number of phenols is 1. The number of carbonyl (C=O) groups is 4. The van der Waals surface area contributed by atoms with E-state index in [1.165, 1.54) is 4.90 Å². The Labute approximate surface area is 242 Å². The number of fused-ring (bicyclic) bond motifs is 3. The molecule has 226 valence electrons. The second kappa shape index (κ2) is 10.7. The maximum Gasteiger partial charge on any atom is 0.317 e. The van der Waals surface area contributed by atoms with E-state index in [1.807, 2.05) is 0 Å². The number of phenolic OH excluding ortho intramolecular Hbond substituents is 1. The Balaban J connectivity index is 1.60. The van der Waals surface area contributed by atoms with Crippen molar-refractivity contribution in [3.05, 3.63) is 51.0 Å². The van der Waals surface area contributed by atoms with E-state index in [-0.39, 0.29) is 42.3 Å². The first kappa shape index (κ1) is 29.5. The summed E-state index contributed by atoms with van der Waals surface area (Å²) in [4.78, 5) is 55.6. The van der Waals surface area contributed by atoms with Gasteiger partial charge in [0.2, 0.25) is 5.78 Å². The maximum absolute atomic E-state index is 14.0. The third-order valence-corrected chi connectivity index (χ3v) is 9.00. The SMILES string of the molecule is CCc1cc(CNC(=O)N2CCOCC2)c2c(c1O)C(=O)C1=C(O)[C@]3(O)C(=O)C(C(N)=O)=C(O)C(N(C)C)C3CC1C2. The van der Waals surface area contributed by atoms with Crippen molar-refractivity contribution in [2.24, 2.45) is 17.6 Å². The monoisotopic (exact) mass is 584 g/mol. The van der Waals surface area contributed by atoms with E-state index < -0.39 is 58.0 Å². The number of nitrogens with zero attached hydrogens (tertiary/aromatic N) is 2. The quantitative estimate of drug-likeness (QED) is 0.260. The predicted octanol–water partition coefficient (Wildman–Crippen LogP) is 0.225. The van der Waals surface area contributed by atoms with E-state index in [1.54, 1.807) is 32.0 Å². The molecule has 5 rings (SSSR count). The van der Waals surface area contributed by atoms with Gasteiger partial charge in [-0.3, -0.25) is 19.3 Å². The van der Waals surface area contributed by atoms with Crippen LogP contribution in [0.1, 0.15) is 40.4 Å². The van der Waals surface area contributed by atoms with Crippen LogP contribution in [-0.2, 0) is 33.7 Å². The molecule has 4 atom stereocenters. The lowest BCUT2D eigenvalue weighted by Gasteiger charge is -2.50. The van der Waals surface area contributed by atoms with Crippen LogP contribution in [0.25, 0.3) is 0 Å². The lowest BCUT2D eigenvalue weighted by molar-refractivity contribution is -0.148. The van der Waals surface area contributed by atoms with Gasteiger partial charge in [0.05, 0.1) is 24.8 Å². The molecule has 1 aliphatic heterocycles. The minimum Gasteiger partial charge on any atom is -0.510 e. The predicted molar refractivity (Wildman–Crippen MR) is 148 cm³/mol. The van der Waals surface area contributed by atoms with E-state index in [0.29, 0.717) is 49.4 Å². The third-order valence-electron chi connectivity index (χ3n) is 9.00. The average molecular weight is 585 g/mol. The molecule has 13 heteroatoms. The molecule has 4 aliphatic rings. The zero-order valence-electron chi connectivity index (χ0n) is 23.8. The minimum absolute atomic E-state index is 0.0123. The maximum atomic E-state index is 14.0. The number of allylic oxidation sites excluding steroid dienone is 1. The number of nitrogens with one attached hydrogen (secondary N) is 1. The van der Waals surface area contributed by atoms with Gasteiger partial charge in [-0.05, 0) is 56.0 Å². The van der Waals surface area contributed by atoms with Gasteiger partial charge in [-0.1, -0.05) is 13.0 Å². The highest BCUT2D eigenvalue weighted by Crippen LogP contribution is 2.52. The first-order valence-corrected chi connectivity index (χ1v) is 14.0. The molecule has 1 aromatic carbocycles. The Morgan fingerprint density at radius 3 is 2.43 bits per heavy atom. The Morgan fingerprint density at radius 2 is 1.83 bits per heavy atom. The van der Waals surface area contributed by atoms with Crippen molar-refractivity contribution < 1.29 is 44.3 Å². The van der Waals surface area contributed by atoms with E-state index in [9.17, 15) is 39.6 Å². The van der Waals surface area contributed by atoms with Gasteiger partial charge in [0, 0.05) is 31.1 Å². The van der Waals surface area contributed by atoms with Crippen molar-refractivity contribution in [1.82, 2.24) is 15.1 Å². The number of hydrogen-bond acceptors (Lipinski definition) is 10. The number of aliphatic hydroxyl groups excluding tert-OH is 2. The molecule has 3 amide bonds. The van der Waals surface area contributed by atoms with Gasteiger partial charge >= 0.3 is 6.03 Å². The van der Waals surface area contributed by atoms with Gasteiger partial charge in [-0.15, -0.1) is 0 Å². The van der Waals surface area contributed by atoms with Crippen LogP contribution in [0.3, 0.4) is 0 Å². The molecule has 13 nitrogen and oxygen atoms in total. The van der Waals surface area contributed by atoms with Crippen LogP contribution in [-0.4, -0.2) is 106 Å². The molecule has 3 unspecified atom stereocenters. The summed E-state index contributed by atoms with van der Waals surface area (Å²) in [5, 5.41) is 48.2. The molecule has 1 fully saturated rings. The number of ether oxygens (including phenoxy) is 1. The van der Waals surface area contributed by atoms with Gasteiger partial charge in [-0.2, -0.15) is 0 Å². The van der Waals surface area contributed by atoms with Gasteiger partial charge in [-0.25, -0.2) is 4.79 Å². The molecule has 0 bridgehead atoms. The number of aliphatic hydroxyl groups is 3. The Kier molecular flexibility index (Phi) is 7.54. The summed E-state index contributed by atoms with van der Waals surface area (Å²) in [5.74, 6) is -6.93. The summed E-state index contributed by atoms with van der Waals surface area (Å²) < 4.78 is 5.30. The Bertz CT molecular complexity index is 1440. The van der Waals surface area contributed by atoms with Gasteiger partial charge in [0.1, 0.15) is 22.8 Å². The molecule has 0 aromatic heterocycles. The summed E-state index contributed by atoms with van der Waals surface area (Å²) >= 11 is 0. The van der Waals surface area contributed by atoms with Crippen molar-refractivity contribution in [2.75, 3.05) is 40.4 Å². The lowest BCUT2D eigenvalue weighted by atomic mass is 9.58. The number of nitrogens with two attached hydrogens (primary N) is 1. The summed E-state index contributed by atoms with van der Waals surface area (Å²) in [6.45, 7) is 3.64. The lowest BCUT2D eigenvalue weighted by Crippen LogP contribution is -2.63. The number of amides is 3. The van der Waals surface area contributed by atoms with Crippen LogP contribution < -0.4 is 11.1 Å². The van der Waals surface area contributed by atoms with Crippen molar-refractivity contribution in [1.29, 1.82) is 0 Å². The smallest absolute Gasteiger partial charge is 0.317 e. The standard InChI is InChI=1S/C29H36N4O9/c1-4-13-9-15(12-31-28(40)33-5-7-42-8-6-33)16-10-14-11-17-21(32(2)3)24(36)20(27(30)39)26(38)29(17,41)25(37)18(14)23(35)19(16)22(13)34/h9,14,17,21,34,36-37,41H,4-8,10-12H2,1-3H3,(H2,30,39)(H,31,40)/t14?,17?,21?,29-/m0/s1. The first-order valence-electron chi connectivity index (χ1n) is 14.0. The van der Waals surface area contributed by atoms with E-state index in [2.05, 4.69) is 5.32 Å². The fourth-order valence-corrected chi connectivity index (χ4v) is 6.93. The van der Waals surface area contributed by atoms with Crippen LogP contribution >= 0.6 is 0 Å². The number of primary amides is 1. The number of ketones is 2. The number of urea groups is 1. The molecule has 7 N–H and O–H groups in total. The van der Waals surface area contributed by atoms with Crippen LogP contribution in [0.15, 0.2) is 28.7 Å². The zero-order chi connectivity index (χ0) is 30.7. The van der Waals surface area contributed by atoms with Gasteiger partial charge in [0.25, 0.3) is 5.91 Å². The molecule has 1 saturated heterocycles. The summed E-state index contributed by atoms with van der Waals surface area (Å²) in [6, 6.07) is 0.386. The van der Waals surface area contributed by atoms with Crippen LogP contribution in [0.2, 0.25) is 0 Å². The van der Waals surface area contributed by atoms with Crippen molar-refractivity contribution in [3.8, 4) is 5.75 Å². The molecule has 0 radical (unpaired) electrons. The second-order valence-electron chi connectivity index (χ2n) is 11.5. The van der Waals surface area contributed by atoms with Crippen molar-refractivity contribution in [3.63, 3.8) is 0 Å². The molecule has 0 saturated carbocycles. The number of hydrogen-bond donors (Lipinski definition) is 6. The number of benzene rings is 1. The van der Waals surface area contributed by atoms with Gasteiger partial charge < -0.3 is 41.1 Å². The molecular weight excluding hydrogens is 548 g/mol. The number of rotatable bonds is 5. The van der Waals surface area contributed by atoms with Crippen LogP contribution in [0.4, 0.5) is 4.79 Å². The summed E-state index contributed by atoms with van der Waals surface area (Å²) in [5.41, 5.74) is 3.12. The number of likely N-dealkylation sites (N-methyl/N-ethyl adjacent to an activating group) is 1. The number of aromatic hydroxyl groups is 1. The summed E-state index contributed by atoms with van der Waals surface area (Å²) in [7, 11) is 3.15. The highest BCUT2D eigenvalue weighted by Gasteiger charge is 2.63. The first-order chi connectivity index (χ1) is 19.8. The fraction of sp³-hybridized carbons (Fsp3) is 0.517. The van der Waals surface area contributed by atoms with E-state index in [4.69, 9.17) is 10.5 Å². The molecular formula is C29H36N4O9. The number of Topliss-reactive ketones (excluding diaryl/α,β-unsaturated/α-hetero) is 2. The molecule has 1 aromatic rings. The van der Waals surface area contributed by atoms with Crippen LogP contribution in [0.5, 0.6) is 5.75 Å². The molecule has 1 heterocycles. The van der Waals surface area contributed by atoms with E-state index >= 15 is 0 Å². The largest absolute Gasteiger partial charge is 0.510 e. The normalized spacial score (nSPS) is 27.5. The number of aryl methyl sites for hydroxylation is 1. The molecule has 42 heavy (non-hydrogen) atoms. The third kappa shape index (κ3) is 4.34.